The Bertz CT molecular complexity index is 844. The lowest BCUT2D eigenvalue weighted by atomic mass is 9.83. The first kappa shape index (κ1) is 34.6. The van der Waals surface area contributed by atoms with Gasteiger partial charge in [-0.05, 0) is 55.4 Å². The van der Waals surface area contributed by atoms with Gasteiger partial charge in [-0.15, -0.1) is 0 Å². The van der Waals surface area contributed by atoms with E-state index in [1.54, 1.807) is 23.9 Å². The second-order valence-corrected chi connectivity index (χ2v) is 13.5. The molecule has 0 spiro atoms. The van der Waals surface area contributed by atoms with E-state index in [0.717, 1.165) is 44.9 Å². The number of rotatable bonds is 22. The molecule has 1 N–H and O–H groups in total. The minimum atomic E-state index is -0.650. The maximum atomic E-state index is 13.0. The molecule has 0 saturated heterocycles. The highest BCUT2D eigenvalue weighted by molar-refractivity contribution is 8.00. The van der Waals surface area contributed by atoms with Gasteiger partial charge in [-0.2, -0.15) is 11.8 Å². The van der Waals surface area contributed by atoms with E-state index in [1.807, 2.05) is 0 Å². The van der Waals surface area contributed by atoms with Gasteiger partial charge in [0.1, 0.15) is 24.0 Å². The van der Waals surface area contributed by atoms with Gasteiger partial charge in [0.25, 0.3) is 0 Å². The summed E-state index contributed by atoms with van der Waals surface area (Å²) in [6, 6.07) is 5.75. The second-order valence-electron chi connectivity index (χ2n) is 12.2. The smallest absolute Gasteiger partial charge is 0.306 e. The van der Waals surface area contributed by atoms with Crippen molar-refractivity contribution >= 4 is 23.5 Å². The zero-order valence-corrected chi connectivity index (χ0v) is 26.0. The quantitative estimate of drug-likeness (QED) is 0.110. The number of halogens is 1. The number of aliphatic hydroxyl groups excluding tert-OH is 1. The van der Waals surface area contributed by atoms with Crippen LogP contribution in [0.15, 0.2) is 24.3 Å². The Kier molecular flexibility index (Phi) is 16.9. The zero-order chi connectivity index (χ0) is 29.2. The standard InChI is InChI=1S/C33H53FO5S/c1-4-5-6-7-8-9-10-13-22-38-32(37)23-33(2,3)21-12-11-14-29-30(36)19-20-31(29)40-25-27(35)24-39-28-17-15-26(34)16-18-28/h15-18,27,29,31,35H,4-14,19-25H2,1-3H3. The van der Waals surface area contributed by atoms with Crippen molar-refractivity contribution in [2.45, 2.75) is 128 Å². The summed E-state index contributed by atoms with van der Waals surface area (Å²) in [6.07, 6.45) is 14.8. The Morgan fingerprint density at radius 2 is 1.73 bits per heavy atom. The summed E-state index contributed by atoms with van der Waals surface area (Å²) >= 11 is 1.66. The van der Waals surface area contributed by atoms with Gasteiger partial charge >= 0.3 is 5.97 Å². The molecule has 40 heavy (non-hydrogen) atoms. The Labute approximate surface area is 246 Å². The highest BCUT2D eigenvalue weighted by Crippen LogP contribution is 2.37. The van der Waals surface area contributed by atoms with Crippen molar-refractivity contribution in [3.63, 3.8) is 0 Å². The lowest BCUT2D eigenvalue weighted by Gasteiger charge is -2.24. The number of Topliss-reactive ketones (excluding diaryl/α,β-unsaturated/α-hetero) is 1. The largest absolute Gasteiger partial charge is 0.491 e. The van der Waals surface area contributed by atoms with E-state index in [4.69, 9.17) is 9.47 Å². The van der Waals surface area contributed by atoms with Crippen LogP contribution < -0.4 is 4.74 Å². The third-order valence-corrected chi connectivity index (χ3v) is 9.37. The molecular formula is C33H53FO5S. The van der Waals surface area contributed by atoms with E-state index in [0.29, 0.717) is 36.7 Å². The number of thioether (sulfide) groups is 1. The SMILES string of the molecule is CCCCCCCCCCOC(=O)CC(C)(C)CCCCC1C(=O)CCC1SCC(O)COc1ccc(F)cc1. The zero-order valence-electron chi connectivity index (χ0n) is 25.1. The summed E-state index contributed by atoms with van der Waals surface area (Å²) in [4.78, 5) is 24.9. The molecule has 0 amide bonds. The van der Waals surface area contributed by atoms with Crippen molar-refractivity contribution in [3.05, 3.63) is 30.1 Å². The van der Waals surface area contributed by atoms with Crippen molar-refractivity contribution in [2.24, 2.45) is 11.3 Å². The molecule has 3 unspecified atom stereocenters. The third kappa shape index (κ3) is 14.9. The van der Waals surface area contributed by atoms with Crippen LogP contribution in [0.5, 0.6) is 5.75 Å². The number of esters is 1. The van der Waals surface area contributed by atoms with Gasteiger partial charge in [0, 0.05) is 23.3 Å². The number of aliphatic hydroxyl groups is 1. The summed E-state index contributed by atoms with van der Waals surface area (Å²) in [7, 11) is 0. The van der Waals surface area contributed by atoms with E-state index >= 15 is 0 Å². The predicted octanol–water partition coefficient (Wildman–Crippen LogP) is 8.31. The molecule has 1 aromatic rings. The molecule has 0 bridgehead atoms. The minimum absolute atomic E-state index is 0.0370. The lowest BCUT2D eigenvalue weighted by Crippen LogP contribution is -2.24. The van der Waals surface area contributed by atoms with Crippen molar-refractivity contribution in [1.29, 1.82) is 0 Å². The van der Waals surface area contributed by atoms with Gasteiger partial charge in [-0.3, -0.25) is 9.59 Å². The van der Waals surface area contributed by atoms with Crippen LogP contribution in [0.1, 0.15) is 117 Å². The average Bonchev–Trinajstić information content (AvgIpc) is 3.27. The van der Waals surface area contributed by atoms with Crippen LogP contribution in [-0.4, -0.2) is 47.2 Å². The first-order chi connectivity index (χ1) is 19.2. The van der Waals surface area contributed by atoms with E-state index in [-0.39, 0.29) is 35.0 Å². The van der Waals surface area contributed by atoms with E-state index in [2.05, 4.69) is 20.8 Å². The minimum Gasteiger partial charge on any atom is -0.491 e. The summed E-state index contributed by atoms with van der Waals surface area (Å²) in [5.74, 6) is 0.976. The van der Waals surface area contributed by atoms with Crippen LogP contribution >= 0.6 is 11.8 Å². The molecule has 1 aromatic carbocycles. The molecule has 0 aromatic heterocycles. The maximum absolute atomic E-state index is 13.0. The monoisotopic (exact) mass is 580 g/mol. The normalized spacial score (nSPS) is 18.2. The van der Waals surface area contributed by atoms with Crippen LogP contribution in [0.4, 0.5) is 4.39 Å². The molecule has 3 atom stereocenters. The van der Waals surface area contributed by atoms with Crippen molar-refractivity contribution in [3.8, 4) is 5.75 Å². The third-order valence-electron chi connectivity index (χ3n) is 7.80. The number of hydrogen-bond acceptors (Lipinski definition) is 6. The van der Waals surface area contributed by atoms with Crippen LogP contribution in [0.25, 0.3) is 0 Å². The van der Waals surface area contributed by atoms with Gasteiger partial charge in [0.05, 0.1) is 19.1 Å². The molecule has 1 aliphatic rings. The van der Waals surface area contributed by atoms with E-state index in [1.165, 1.54) is 50.7 Å². The molecule has 5 nitrogen and oxygen atoms in total. The highest BCUT2D eigenvalue weighted by Gasteiger charge is 2.35. The highest BCUT2D eigenvalue weighted by atomic mass is 32.2. The molecule has 0 radical (unpaired) electrons. The number of hydrogen-bond donors (Lipinski definition) is 1. The molecule has 1 aliphatic carbocycles. The van der Waals surface area contributed by atoms with Crippen molar-refractivity contribution in [2.75, 3.05) is 19.0 Å². The predicted molar refractivity (Wildman–Crippen MR) is 162 cm³/mol. The first-order valence-corrected chi connectivity index (χ1v) is 16.6. The number of ether oxygens (including phenoxy) is 2. The van der Waals surface area contributed by atoms with E-state index < -0.39 is 6.10 Å². The van der Waals surface area contributed by atoms with Gasteiger partial charge in [-0.1, -0.05) is 78.6 Å². The fraction of sp³-hybridized carbons (Fsp3) is 0.758. The molecule has 7 heteroatoms. The summed E-state index contributed by atoms with van der Waals surface area (Å²) in [5.41, 5.74) is -0.112. The number of carbonyl (C=O) groups is 2. The summed E-state index contributed by atoms with van der Waals surface area (Å²) in [6.45, 7) is 7.15. The van der Waals surface area contributed by atoms with Gasteiger partial charge in [-0.25, -0.2) is 4.39 Å². The molecule has 2 rings (SSSR count). The van der Waals surface area contributed by atoms with Crippen LogP contribution in [-0.2, 0) is 14.3 Å². The maximum Gasteiger partial charge on any atom is 0.306 e. The van der Waals surface area contributed by atoms with Crippen LogP contribution in [0.3, 0.4) is 0 Å². The molecule has 0 aliphatic heterocycles. The van der Waals surface area contributed by atoms with Gasteiger partial charge < -0.3 is 14.6 Å². The summed E-state index contributed by atoms with van der Waals surface area (Å²) in [5, 5.41) is 10.6. The first-order valence-electron chi connectivity index (χ1n) is 15.6. The number of ketones is 1. The fourth-order valence-electron chi connectivity index (χ4n) is 5.35. The molecule has 228 valence electrons. The number of carbonyl (C=O) groups excluding carboxylic acids is 2. The number of unbranched alkanes of at least 4 members (excludes halogenated alkanes) is 8. The second kappa shape index (κ2) is 19.5. The Hall–Kier alpha value is -1.60. The van der Waals surface area contributed by atoms with Gasteiger partial charge in [0.2, 0.25) is 0 Å². The molecular weight excluding hydrogens is 527 g/mol. The molecule has 0 heterocycles. The van der Waals surface area contributed by atoms with Crippen molar-refractivity contribution < 1.29 is 28.6 Å². The molecule has 1 fully saturated rings. The molecule has 1 saturated carbocycles. The van der Waals surface area contributed by atoms with Gasteiger partial charge in [0.15, 0.2) is 0 Å². The van der Waals surface area contributed by atoms with E-state index in [9.17, 15) is 19.1 Å². The van der Waals surface area contributed by atoms with Crippen LogP contribution in [0.2, 0.25) is 0 Å². The van der Waals surface area contributed by atoms with Crippen LogP contribution in [0, 0.1) is 17.2 Å². The Balaban J connectivity index is 1.57. The Morgan fingerprint density at radius 1 is 1.05 bits per heavy atom. The summed E-state index contributed by atoms with van der Waals surface area (Å²) < 4.78 is 24.1. The lowest BCUT2D eigenvalue weighted by molar-refractivity contribution is -0.146. The fourth-order valence-corrected chi connectivity index (χ4v) is 6.72. The topological polar surface area (TPSA) is 72.8 Å². The number of benzene rings is 1. The Morgan fingerprint density at radius 3 is 2.42 bits per heavy atom. The average molecular weight is 581 g/mol. The van der Waals surface area contributed by atoms with Crippen molar-refractivity contribution in [1.82, 2.24) is 0 Å².